The summed E-state index contributed by atoms with van der Waals surface area (Å²) in [6, 6.07) is 4.43. The fourth-order valence-electron chi connectivity index (χ4n) is 1.44. The first-order chi connectivity index (χ1) is 8.11. The number of benzene rings is 1. The summed E-state index contributed by atoms with van der Waals surface area (Å²) in [6.07, 6.45) is 2.87. The Morgan fingerprint density at radius 2 is 2.29 bits per heavy atom. The quantitative estimate of drug-likeness (QED) is 0.669. The Kier molecular flexibility index (Phi) is 3.08. The summed E-state index contributed by atoms with van der Waals surface area (Å²) >= 11 is 5.71. The molecule has 17 heavy (non-hydrogen) atoms. The predicted octanol–water partition coefficient (Wildman–Crippen LogP) is 1.93. The van der Waals surface area contributed by atoms with Crippen LogP contribution in [0.15, 0.2) is 30.6 Å². The molecule has 0 radical (unpaired) electrons. The van der Waals surface area contributed by atoms with E-state index in [0.717, 1.165) is 0 Å². The summed E-state index contributed by atoms with van der Waals surface area (Å²) in [6.45, 7) is -0.249. The van der Waals surface area contributed by atoms with Gasteiger partial charge in [-0.3, -0.25) is 10.1 Å². The van der Waals surface area contributed by atoms with E-state index in [1.54, 1.807) is 6.07 Å². The summed E-state index contributed by atoms with van der Waals surface area (Å²) < 4.78 is 1.32. The normalized spacial score (nSPS) is 10.5. The number of nitro groups is 1. The van der Waals surface area contributed by atoms with E-state index in [0.29, 0.717) is 16.3 Å². The third-order valence-corrected chi connectivity index (χ3v) is 2.41. The maximum Gasteiger partial charge on any atom is 0.295 e. The van der Waals surface area contributed by atoms with Crippen molar-refractivity contribution < 1.29 is 10.0 Å². The fraction of sp³-hybridized carbons (Fsp3) is 0.100. The van der Waals surface area contributed by atoms with Crippen molar-refractivity contribution in [2.75, 3.05) is 0 Å². The molecule has 0 spiro atoms. The predicted molar refractivity (Wildman–Crippen MR) is 61.2 cm³/mol. The van der Waals surface area contributed by atoms with E-state index in [4.69, 9.17) is 16.7 Å². The average molecular weight is 254 g/mol. The summed E-state index contributed by atoms with van der Waals surface area (Å²) in [5.74, 6) is 0. The first kappa shape index (κ1) is 11.6. The number of aromatic nitrogens is 2. The second-order valence-electron chi connectivity index (χ2n) is 3.34. The molecule has 0 aliphatic heterocycles. The third kappa shape index (κ3) is 2.27. The van der Waals surface area contributed by atoms with Crippen molar-refractivity contribution in [2.24, 2.45) is 0 Å². The Labute approximate surface area is 101 Å². The van der Waals surface area contributed by atoms with E-state index < -0.39 is 4.92 Å². The van der Waals surface area contributed by atoms with Gasteiger partial charge in [0.15, 0.2) is 0 Å². The molecule has 0 atom stereocenters. The van der Waals surface area contributed by atoms with Crippen LogP contribution in [0.4, 0.5) is 5.69 Å². The molecular formula is C10H8ClN3O3. The van der Waals surface area contributed by atoms with Gasteiger partial charge in [-0.05, 0) is 11.6 Å². The first-order valence-corrected chi connectivity index (χ1v) is 5.08. The van der Waals surface area contributed by atoms with Gasteiger partial charge >= 0.3 is 0 Å². The van der Waals surface area contributed by atoms with E-state index >= 15 is 0 Å². The zero-order valence-corrected chi connectivity index (χ0v) is 9.33. The van der Waals surface area contributed by atoms with Crippen molar-refractivity contribution in [3.05, 3.63) is 51.3 Å². The SMILES string of the molecule is O=[N+]([O-])c1cc(CO)ccc1-n1cc(Cl)cn1. The lowest BCUT2D eigenvalue weighted by Gasteiger charge is -2.04. The molecule has 0 fully saturated rings. The molecule has 88 valence electrons. The van der Waals surface area contributed by atoms with E-state index in [1.807, 2.05) is 0 Å². The van der Waals surface area contributed by atoms with Gasteiger partial charge < -0.3 is 5.11 Å². The van der Waals surface area contributed by atoms with Crippen molar-refractivity contribution in [3.63, 3.8) is 0 Å². The van der Waals surface area contributed by atoms with Gasteiger partial charge in [-0.1, -0.05) is 17.7 Å². The molecule has 2 rings (SSSR count). The van der Waals surface area contributed by atoms with Crippen LogP contribution in [0.25, 0.3) is 5.69 Å². The second kappa shape index (κ2) is 4.52. The lowest BCUT2D eigenvalue weighted by molar-refractivity contribution is -0.384. The molecule has 1 N–H and O–H groups in total. The summed E-state index contributed by atoms with van der Waals surface area (Å²) in [5, 5.41) is 24.2. The fourth-order valence-corrected chi connectivity index (χ4v) is 1.58. The third-order valence-electron chi connectivity index (χ3n) is 2.22. The molecule has 2 aromatic rings. The van der Waals surface area contributed by atoms with E-state index in [1.165, 1.54) is 29.2 Å². The second-order valence-corrected chi connectivity index (χ2v) is 3.78. The van der Waals surface area contributed by atoms with Crippen LogP contribution in [0.1, 0.15) is 5.56 Å². The summed E-state index contributed by atoms with van der Waals surface area (Å²) in [7, 11) is 0. The molecule has 0 amide bonds. The van der Waals surface area contributed by atoms with E-state index in [2.05, 4.69) is 5.10 Å². The van der Waals surface area contributed by atoms with Gasteiger partial charge in [0.25, 0.3) is 5.69 Å². The topological polar surface area (TPSA) is 81.2 Å². The Morgan fingerprint density at radius 1 is 1.53 bits per heavy atom. The van der Waals surface area contributed by atoms with Crippen molar-refractivity contribution in [3.8, 4) is 5.69 Å². The van der Waals surface area contributed by atoms with Crippen LogP contribution in [-0.4, -0.2) is 19.8 Å². The monoisotopic (exact) mass is 253 g/mol. The van der Waals surface area contributed by atoms with Gasteiger partial charge in [-0.15, -0.1) is 0 Å². The number of aliphatic hydroxyl groups excluding tert-OH is 1. The molecular weight excluding hydrogens is 246 g/mol. The highest BCUT2D eigenvalue weighted by atomic mass is 35.5. The lowest BCUT2D eigenvalue weighted by Crippen LogP contribution is -2.01. The smallest absolute Gasteiger partial charge is 0.295 e. The Balaban J connectivity index is 2.57. The summed E-state index contributed by atoms with van der Waals surface area (Å²) in [4.78, 5) is 10.4. The lowest BCUT2D eigenvalue weighted by atomic mass is 10.2. The van der Waals surface area contributed by atoms with Crippen molar-refractivity contribution >= 4 is 17.3 Å². The summed E-state index contributed by atoms with van der Waals surface area (Å²) in [5.41, 5.74) is 0.647. The van der Waals surface area contributed by atoms with E-state index in [9.17, 15) is 10.1 Å². The number of nitrogens with zero attached hydrogens (tertiary/aromatic N) is 3. The van der Waals surface area contributed by atoms with Gasteiger partial charge in [-0.2, -0.15) is 5.10 Å². The molecule has 0 bridgehead atoms. The van der Waals surface area contributed by atoms with Crippen LogP contribution >= 0.6 is 11.6 Å². The van der Waals surface area contributed by atoms with Crippen LogP contribution in [-0.2, 0) is 6.61 Å². The minimum atomic E-state index is -0.524. The maximum atomic E-state index is 10.9. The minimum absolute atomic E-state index is 0.128. The van der Waals surface area contributed by atoms with Gasteiger partial charge in [0.2, 0.25) is 0 Å². The number of hydrogen-bond acceptors (Lipinski definition) is 4. The number of halogens is 1. The Morgan fingerprint density at radius 3 is 2.82 bits per heavy atom. The van der Waals surface area contributed by atoms with Gasteiger partial charge in [0.1, 0.15) is 5.69 Å². The van der Waals surface area contributed by atoms with Crippen LogP contribution in [0.2, 0.25) is 5.02 Å². The highest BCUT2D eigenvalue weighted by Gasteiger charge is 2.16. The van der Waals surface area contributed by atoms with Crippen molar-refractivity contribution in [2.45, 2.75) is 6.61 Å². The molecule has 1 aromatic carbocycles. The zero-order chi connectivity index (χ0) is 12.4. The molecule has 0 unspecified atom stereocenters. The van der Waals surface area contributed by atoms with Gasteiger partial charge in [0, 0.05) is 12.3 Å². The van der Waals surface area contributed by atoms with Crippen LogP contribution in [0.5, 0.6) is 0 Å². The molecule has 0 saturated heterocycles. The van der Waals surface area contributed by atoms with Crippen LogP contribution in [0.3, 0.4) is 0 Å². The molecule has 1 aromatic heterocycles. The van der Waals surface area contributed by atoms with E-state index in [-0.39, 0.29) is 12.3 Å². The number of nitro benzene ring substituents is 1. The number of hydrogen-bond donors (Lipinski definition) is 1. The molecule has 0 aliphatic carbocycles. The highest BCUT2D eigenvalue weighted by molar-refractivity contribution is 6.30. The average Bonchev–Trinajstić information content (AvgIpc) is 2.75. The molecule has 0 aliphatic rings. The zero-order valence-electron chi connectivity index (χ0n) is 8.58. The van der Waals surface area contributed by atoms with Crippen molar-refractivity contribution in [1.29, 1.82) is 0 Å². The maximum absolute atomic E-state index is 10.9. The first-order valence-electron chi connectivity index (χ1n) is 4.70. The molecule has 7 heteroatoms. The molecule has 0 saturated carbocycles. The minimum Gasteiger partial charge on any atom is -0.392 e. The Bertz CT molecular complexity index is 568. The molecule has 1 heterocycles. The van der Waals surface area contributed by atoms with Crippen LogP contribution < -0.4 is 0 Å². The molecule has 6 nitrogen and oxygen atoms in total. The number of rotatable bonds is 3. The number of aliphatic hydroxyl groups is 1. The van der Waals surface area contributed by atoms with Gasteiger partial charge in [0.05, 0.1) is 22.7 Å². The highest BCUT2D eigenvalue weighted by Crippen LogP contribution is 2.24. The van der Waals surface area contributed by atoms with Crippen LogP contribution in [0, 0.1) is 10.1 Å². The largest absolute Gasteiger partial charge is 0.392 e. The standard InChI is InChI=1S/C10H8ClN3O3/c11-8-4-12-13(5-8)9-2-1-7(6-15)3-10(9)14(16)17/h1-5,15H,6H2. The van der Waals surface area contributed by atoms with Gasteiger partial charge in [-0.25, -0.2) is 4.68 Å². The van der Waals surface area contributed by atoms with Crippen molar-refractivity contribution in [1.82, 2.24) is 9.78 Å². The Hall–Kier alpha value is -1.92.